The molecule has 7 nitrogen and oxygen atoms in total. The smallest absolute Gasteiger partial charge is 0.226 e. The van der Waals surface area contributed by atoms with Crippen LogP contribution in [0.15, 0.2) is 102 Å². The molecule has 1 aliphatic heterocycles. The fraction of sp³-hybridized carbons (Fsp3) is 0.303. The second-order valence-corrected chi connectivity index (χ2v) is 9.90. The molecule has 0 aliphatic carbocycles. The van der Waals surface area contributed by atoms with Crippen molar-refractivity contribution in [2.75, 3.05) is 12.3 Å². The molecular formula is C33H34N2O5. The van der Waals surface area contributed by atoms with E-state index in [4.69, 9.17) is 29.1 Å². The van der Waals surface area contributed by atoms with E-state index in [1.807, 2.05) is 97.1 Å². The highest BCUT2D eigenvalue weighted by Gasteiger charge is 2.59. The van der Waals surface area contributed by atoms with Gasteiger partial charge in [-0.2, -0.15) is 5.26 Å². The summed E-state index contributed by atoms with van der Waals surface area (Å²) in [7, 11) is 0. The molecule has 0 spiro atoms. The highest BCUT2D eigenvalue weighted by atomic mass is 16.6. The summed E-state index contributed by atoms with van der Waals surface area (Å²) in [5.74, 6) is 0.0530. The van der Waals surface area contributed by atoms with Crippen LogP contribution in [-0.4, -0.2) is 24.4 Å². The van der Waals surface area contributed by atoms with Crippen molar-refractivity contribution in [3.8, 4) is 6.07 Å². The van der Waals surface area contributed by atoms with Gasteiger partial charge in [0.15, 0.2) is 0 Å². The third-order valence-corrected chi connectivity index (χ3v) is 7.39. The Labute approximate surface area is 235 Å². The van der Waals surface area contributed by atoms with Crippen LogP contribution in [-0.2, 0) is 38.8 Å². The predicted molar refractivity (Wildman–Crippen MR) is 151 cm³/mol. The molecule has 1 aliphatic rings. The minimum Gasteiger partial charge on any atom is -0.451 e. The predicted octanol–water partition coefficient (Wildman–Crippen LogP) is 6.34. The lowest BCUT2D eigenvalue weighted by Gasteiger charge is -2.38. The Morgan fingerprint density at radius 3 is 1.98 bits per heavy atom. The average Bonchev–Trinajstić information content (AvgIpc) is 3.53. The van der Waals surface area contributed by atoms with Gasteiger partial charge in [-0.3, -0.25) is 0 Å². The number of hydrogen-bond acceptors (Lipinski definition) is 7. The number of nitrogen functional groups attached to an aromatic ring is 1. The standard InChI is InChI=1S/C33H34N2O5/c1-2-33(39-21-26-16-10-5-11-17-26)31(27-22-37-28(18-34)30(27)35)40-29(23-36-19-24-12-6-3-7-13-24)32(33)38-20-25-14-8-4-9-15-25/h3-17,22,29,31-32H,2,19-21,23,35H2,1H3. The summed E-state index contributed by atoms with van der Waals surface area (Å²) in [5, 5.41) is 9.51. The maximum absolute atomic E-state index is 9.51. The number of rotatable bonds is 12. The summed E-state index contributed by atoms with van der Waals surface area (Å²) in [5.41, 5.74) is 9.41. The summed E-state index contributed by atoms with van der Waals surface area (Å²) >= 11 is 0. The van der Waals surface area contributed by atoms with E-state index in [-0.39, 0.29) is 18.1 Å². The van der Waals surface area contributed by atoms with Gasteiger partial charge in [0.2, 0.25) is 5.76 Å². The van der Waals surface area contributed by atoms with Crippen molar-refractivity contribution in [2.45, 2.75) is 57.1 Å². The van der Waals surface area contributed by atoms with Crippen molar-refractivity contribution in [1.29, 1.82) is 5.26 Å². The molecule has 2 N–H and O–H groups in total. The van der Waals surface area contributed by atoms with Crippen LogP contribution in [0, 0.1) is 11.3 Å². The Morgan fingerprint density at radius 2 is 1.43 bits per heavy atom. The van der Waals surface area contributed by atoms with E-state index in [1.165, 1.54) is 6.26 Å². The molecule has 206 valence electrons. The van der Waals surface area contributed by atoms with Gasteiger partial charge in [0.1, 0.15) is 36.2 Å². The van der Waals surface area contributed by atoms with Crippen LogP contribution in [0.3, 0.4) is 0 Å². The Morgan fingerprint density at radius 1 is 0.850 bits per heavy atom. The largest absolute Gasteiger partial charge is 0.451 e. The Balaban J connectivity index is 1.48. The first-order valence-corrected chi connectivity index (χ1v) is 13.5. The molecule has 4 atom stereocenters. The van der Waals surface area contributed by atoms with Crippen molar-refractivity contribution < 1.29 is 23.4 Å². The third kappa shape index (κ3) is 5.96. The zero-order valence-corrected chi connectivity index (χ0v) is 22.6. The SMILES string of the molecule is CCC1(OCc2ccccc2)C(c2coc(C#N)c2N)OC(COCc2ccccc2)C1OCc1ccccc1. The maximum Gasteiger partial charge on any atom is 0.226 e. The molecular weight excluding hydrogens is 504 g/mol. The van der Waals surface area contributed by atoms with E-state index >= 15 is 0 Å². The molecule has 4 unspecified atom stereocenters. The molecule has 7 heteroatoms. The van der Waals surface area contributed by atoms with Crippen LogP contribution < -0.4 is 5.73 Å². The molecule has 5 rings (SSSR count). The van der Waals surface area contributed by atoms with E-state index in [0.717, 1.165) is 16.7 Å². The van der Waals surface area contributed by atoms with Crippen molar-refractivity contribution in [1.82, 2.24) is 0 Å². The first-order valence-electron chi connectivity index (χ1n) is 13.5. The number of benzene rings is 3. The van der Waals surface area contributed by atoms with E-state index in [1.54, 1.807) is 0 Å². The van der Waals surface area contributed by atoms with Gasteiger partial charge in [0, 0.05) is 5.56 Å². The molecule has 0 amide bonds. The fourth-order valence-electron chi connectivity index (χ4n) is 5.27. The lowest BCUT2D eigenvalue weighted by Crippen LogP contribution is -2.49. The van der Waals surface area contributed by atoms with Crippen LogP contribution in [0.2, 0.25) is 0 Å². The van der Waals surface area contributed by atoms with Gasteiger partial charge in [-0.25, -0.2) is 0 Å². The Kier molecular flexibility index (Phi) is 8.94. The normalized spacial score (nSPS) is 22.2. The number of nitrogens with zero attached hydrogens (tertiary/aromatic N) is 1. The first-order chi connectivity index (χ1) is 19.6. The zero-order chi connectivity index (χ0) is 27.8. The van der Waals surface area contributed by atoms with Crippen molar-refractivity contribution in [3.05, 3.63) is 125 Å². The zero-order valence-electron chi connectivity index (χ0n) is 22.6. The van der Waals surface area contributed by atoms with Crippen LogP contribution in [0.4, 0.5) is 5.69 Å². The maximum atomic E-state index is 9.51. The van der Waals surface area contributed by atoms with Crippen LogP contribution >= 0.6 is 0 Å². The Hall–Kier alpha value is -3.93. The van der Waals surface area contributed by atoms with Gasteiger partial charge in [0.25, 0.3) is 0 Å². The van der Waals surface area contributed by atoms with Crippen molar-refractivity contribution in [2.24, 2.45) is 0 Å². The molecule has 0 bridgehead atoms. The molecule has 1 aromatic heterocycles. The quantitative estimate of drug-likeness (QED) is 0.225. The van der Waals surface area contributed by atoms with E-state index in [0.29, 0.717) is 31.8 Å². The van der Waals surface area contributed by atoms with E-state index in [2.05, 4.69) is 6.92 Å². The van der Waals surface area contributed by atoms with Crippen LogP contribution in [0.5, 0.6) is 0 Å². The molecule has 0 radical (unpaired) electrons. The monoisotopic (exact) mass is 538 g/mol. The first kappa shape index (κ1) is 27.6. The van der Waals surface area contributed by atoms with Crippen molar-refractivity contribution >= 4 is 5.69 Å². The van der Waals surface area contributed by atoms with Crippen molar-refractivity contribution in [3.63, 3.8) is 0 Å². The highest BCUT2D eigenvalue weighted by Crippen LogP contribution is 2.50. The molecule has 2 heterocycles. The number of hydrogen-bond donors (Lipinski definition) is 1. The number of anilines is 1. The van der Waals surface area contributed by atoms with Gasteiger partial charge in [-0.05, 0) is 23.1 Å². The van der Waals surface area contributed by atoms with Gasteiger partial charge in [0.05, 0.1) is 32.1 Å². The summed E-state index contributed by atoms with van der Waals surface area (Å²) in [4.78, 5) is 0. The number of nitriles is 1. The van der Waals surface area contributed by atoms with Crippen LogP contribution in [0.25, 0.3) is 0 Å². The third-order valence-electron chi connectivity index (χ3n) is 7.39. The van der Waals surface area contributed by atoms with Gasteiger partial charge in [-0.15, -0.1) is 0 Å². The summed E-state index contributed by atoms with van der Waals surface area (Å²) in [6.45, 7) is 3.49. The second kappa shape index (κ2) is 12.9. The summed E-state index contributed by atoms with van der Waals surface area (Å²) in [6.07, 6.45) is 0.454. The number of ether oxygens (including phenoxy) is 4. The highest BCUT2D eigenvalue weighted by molar-refractivity contribution is 5.56. The summed E-state index contributed by atoms with van der Waals surface area (Å²) < 4.78 is 31.8. The molecule has 0 saturated carbocycles. The lowest BCUT2D eigenvalue weighted by atomic mass is 9.84. The number of nitrogens with two attached hydrogens (primary N) is 1. The lowest BCUT2D eigenvalue weighted by molar-refractivity contribution is -0.160. The van der Waals surface area contributed by atoms with Crippen LogP contribution in [0.1, 0.15) is 47.5 Å². The molecule has 1 fully saturated rings. The second-order valence-electron chi connectivity index (χ2n) is 9.90. The minimum absolute atomic E-state index is 0.0530. The topological polar surface area (TPSA) is 99.9 Å². The van der Waals surface area contributed by atoms with E-state index in [9.17, 15) is 5.26 Å². The molecule has 3 aromatic carbocycles. The van der Waals surface area contributed by atoms with Gasteiger partial charge < -0.3 is 29.1 Å². The minimum atomic E-state index is -0.934. The average molecular weight is 539 g/mol. The molecule has 40 heavy (non-hydrogen) atoms. The Bertz CT molecular complexity index is 1390. The fourth-order valence-corrected chi connectivity index (χ4v) is 5.27. The van der Waals surface area contributed by atoms with Gasteiger partial charge in [-0.1, -0.05) is 97.9 Å². The molecule has 1 saturated heterocycles. The summed E-state index contributed by atoms with van der Waals surface area (Å²) in [6, 6.07) is 32.0. The molecule has 4 aromatic rings. The van der Waals surface area contributed by atoms with Gasteiger partial charge >= 0.3 is 0 Å². The van der Waals surface area contributed by atoms with E-state index < -0.39 is 23.9 Å². The number of furan rings is 1.